The Kier molecular flexibility index (Phi) is 2.54. The zero-order chi connectivity index (χ0) is 11.7. The molecule has 0 unspecified atom stereocenters. The van der Waals surface area contributed by atoms with Crippen LogP contribution in [-0.4, -0.2) is 22.5 Å². The van der Waals surface area contributed by atoms with E-state index in [1.54, 1.807) is 18.2 Å². The fourth-order valence-electron chi connectivity index (χ4n) is 1.85. The Morgan fingerprint density at radius 3 is 2.81 bits per heavy atom. The van der Waals surface area contributed by atoms with Crippen molar-refractivity contribution in [3.05, 3.63) is 29.5 Å². The first kappa shape index (κ1) is 10.5. The van der Waals surface area contributed by atoms with Crippen LogP contribution in [0.2, 0.25) is 0 Å². The molecule has 0 bridgehead atoms. The van der Waals surface area contributed by atoms with Gasteiger partial charge < -0.3 is 21.6 Å². The van der Waals surface area contributed by atoms with Crippen LogP contribution in [0.1, 0.15) is 16.1 Å². The van der Waals surface area contributed by atoms with E-state index in [1.807, 2.05) is 0 Å². The SMILES string of the molecule is NCCc1c(C(N)=O)[nH]c2ccc(O)cc12. The van der Waals surface area contributed by atoms with Gasteiger partial charge in [0.2, 0.25) is 0 Å². The van der Waals surface area contributed by atoms with Gasteiger partial charge in [-0.2, -0.15) is 0 Å². The van der Waals surface area contributed by atoms with Crippen LogP contribution in [0.15, 0.2) is 18.2 Å². The molecule has 0 spiro atoms. The highest BCUT2D eigenvalue weighted by Gasteiger charge is 2.14. The quantitative estimate of drug-likeness (QED) is 0.603. The summed E-state index contributed by atoms with van der Waals surface area (Å²) in [6.45, 7) is 0.420. The van der Waals surface area contributed by atoms with Crippen LogP contribution in [-0.2, 0) is 6.42 Å². The molecule has 0 radical (unpaired) electrons. The summed E-state index contributed by atoms with van der Waals surface area (Å²) < 4.78 is 0. The molecule has 0 aliphatic heterocycles. The van der Waals surface area contributed by atoms with Gasteiger partial charge in [-0.25, -0.2) is 0 Å². The van der Waals surface area contributed by atoms with Gasteiger partial charge in [0.05, 0.1) is 0 Å². The maximum atomic E-state index is 11.2. The van der Waals surface area contributed by atoms with Crippen molar-refractivity contribution in [2.24, 2.45) is 11.5 Å². The molecule has 5 nitrogen and oxygen atoms in total. The fraction of sp³-hybridized carbons (Fsp3) is 0.182. The van der Waals surface area contributed by atoms with E-state index in [0.29, 0.717) is 18.7 Å². The number of aromatic nitrogens is 1. The number of aromatic hydroxyl groups is 1. The lowest BCUT2D eigenvalue weighted by atomic mass is 10.1. The highest BCUT2D eigenvalue weighted by atomic mass is 16.3. The maximum absolute atomic E-state index is 11.2. The number of rotatable bonds is 3. The number of hydrogen-bond acceptors (Lipinski definition) is 3. The second-order valence-corrected chi connectivity index (χ2v) is 3.61. The highest BCUT2D eigenvalue weighted by molar-refractivity contribution is 6.00. The number of benzene rings is 1. The number of hydrogen-bond donors (Lipinski definition) is 4. The Balaban J connectivity index is 2.71. The molecule has 0 aliphatic carbocycles. The summed E-state index contributed by atoms with van der Waals surface area (Å²) in [5, 5.41) is 10.2. The molecule has 0 atom stereocenters. The smallest absolute Gasteiger partial charge is 0.265 e. The van der Waals surface area contributed by atoms with Crippen molar-refractivity contribution in [1.29, 1.82) is 0 Å². The summed E-state index contributed by atoms with van der Waals surface area (Å²) in [6.07, 6.45) is 0.543. The van der Waals surface area contributed by atoms with Gasteiger partial charge in [0.25, 0.3) is 5.91 Å². The predicted molar refractivity (Wildman–Crippen MR) is 61.2 cm³/mol. The number of nitrogens with one attached hydrogen (secondary N) is 1. The van der Waals surface area contributed by atoms with Crippen molar-refractivity contribution >= 4 is 16.8 Å². The van der Waals surface area contributed by atoms with Crippen molar-refractivity contribution in [1.82, 2.24) is 4.98 Å². The second kappa shape index (κ2) is 3.86. The molecule has 5 heteroatoms. The monoisotopic (exact) mass is 219 g/mol. The highest BCUT2D eigenvalue weighted by Crippen LogP contribution is 2.26. The number of carbonyl (C=O) groups excluding carboxylic acids is 1. The first-order valence-corrected chi connectivity index (χ1v) is 4.97. The summed E-state index contributed by atoms with van der Waals surface area (Å²) in [5.41, 5.74) is 12.7. The van der Waals surface area contributed by atoms with E-state index in [4.69, 9.17) is 11.5 Å². The third kappa shape index (κ3) is 1.61. The summed E-state index contributed by atoms with van der Waals surface area (Å²) in [6, 6.07) is 4.86. The summed E-state index contributed by atoms with van der Waals surface area (Å²) in [5.74, 6) is -0.361. The van der Waals surface area contributed by atoms with Crippen molar-refractivity contribution in [2.45, 2.75) is 6.42 Å². The number of fused-ring (bicyclic) bond motifs is 1. The van der Waals surface area contributed by atoms with Crippen LogP contribution in [0, 0.1) is 0 Å². The van der Waals surface area contributed by atoms with E-state index in [1.165, 1.54) is 0 Å². The Bertz CT molecular complexity index is 545. The molecule has 1 aromatic carbocycles. The number of H-pyrrole nitrogens is 1. The molecule has 0 saturated carbocycles. The number of aromatic amines is 1. The standard InChI is InChI=1S/C11H13N3O2/c12-4-3-7-8-5-6(15)1-2-9(8)14-10(7)11(13)16/h1-2,5,14-15H,3-4,12H2,(H2,13,16). The third-order valence-electron chi connectivity index (χ3n) is 2.53. The average Bonchev–Trinajstić information content (AvgIpc) is 2.58. The van der Waals surface area contributed by atoms with Crippen molar-refractivity contribution in [3.63, 3.8) is 0 Å². The van der Waals surface area contributed by atoms with E-state index in [0.717, 1.165) is 16.5 Å². The first-order valence-electron chi connectivity index (χ1n) is 4.97. The topological polar surface area (TPSA) is 105 Å². The Hall–Kier alpha value is -2.01. The van der Waals surface area contributed by atoms with Gasteiger partial charge in [-0.15, -0.1) is 0 Å². The van der Waals surface area contributed by atoms with Crippen molar-refractivity contribution < 1.29 is 9.90 Å². The number of phenols is 1. The van der Waals surface area contributed by atoms with Crippen LogP contribution in [0.25, 0.3) is 10.9 Å². The fourth-order valence-corrected chi connectivity index (χ4v) is 1.85. The molecule has 6 N–H and O–H groups in total. The van der Waals surface area contributed by atoms with Gasteiger partial charge in [-0.05, 0) is 36.7 Å². The Morgan fingerprint density at radius 1 is 1.44 bits per heavy atom. The van der Waals surface area contributed by atoms with Gasteiger partial charge in [0, 0.05) is 10.9 Å². The van der Waals surface area contributed by atoms with Gasteiger partial charge >= 0.3 is 0 Å². The summed E-state index contributed by atoms with van der Waals surface area (Å²) in [4.78, 5) is 14.2. The molecule has 1 aromatic heterocycles. The van der Waals surface area contributed by atoms with E-state index in [-0.39, 0.29) is 5.75 Å². The summed E-state index contributed by atoms with van der Waals surface area (Å²) in [7, 11) is 0. The first-order chi connectivity index (χ1) is 7.63. The number of primary amides is 1. The maximum Gasteiger partial charge on any atom is 0.265 e. The van der Waals surface area contributed by atoms with Gasteiger partial charge in [-0.1, -0.05) is 0 Å². The average molecular weight is 219 g/mol. The molecular weight excluding hydrogens is 206 g/mol. The summed E-state index contributed by atoms with van der Waals surface area (Å²) >= 11 is 0. The minimum Gasteiger partial charge on any atom is -0.508 e. The Morgan fingerprint density at radius 2 is 2.19 bits per heavy atom. The molecule has 16 heavy (non-hydrogen) atoms. The zero-order valence-electron chi connectivity index (χ0n) is 8.66. The third-order valence-corrected chi connectivity index (χ3v) is 2.53. The molecule has 0 fully saturated rings. The van der Waals surface area contributed by atoms with E-state index in [9.17, 15) is 9.90 Å². The molecule has 2 rings (SSSR count). The zero-order valence-corrected chi connectivity index (χ0v) is 8.66. The van der Waals surface area contributed by atoms with Gasteiger partial charge in [0.1, 0.15) is 11.4 Å². The van der Waals surface area contributed by atoms with Crippen molar-refractivity contribution in [2.75, 3.05) is 6.54 Å². The number of nitrogens with two attached hydrogens (primary N) is 2. The Labute approximate surface area is 92.1 Å². The molecule has 2 aromatic rings. The van der Waals surface area contributed by atoms with Crippen LogP contribution >= 0.6 is 0 Å². The molecule has 1 amide bonds. The van der Waals surface area contributed by atoms with E-state index in [2.05, 4.69) is 4.98 Å². The molecular formula is C11H13N3O2. The minimum atomic E-state index is -0.515. The van der Waals surface area contributed by atoms with E-state index >= 15 is 0 Å². The molecule has 0 saturated heterocycles. The molecule has 1 heterocycles. The largest absolute Gasteiger partial charge is 0.508 e. The van der Waals surface area contributed by atoms with Gasteiger partial charge in [-0.3, -0.25) is 4.79 Å². The number of phenolic OH excluding ortho intramolecular Hbond substituents is 1. The van der Waals surface area contributed by atoms with Crippen LogP contribution in [0.5, 0.6) is 5.75 Å². The minimum absolute atomic E-state index is 0.154. The lowest BCUT2D eigenvalue weighted by Gasteiger charge is -1.99. The van der Waals surface area contributed by atoms with Gasteiger partial charge in [0.15, 0.2) is 0 Å². The molecule has 0 aliphatic rings. The number of amides is 1. The van der Waals surface area contributed by atoms with Crippen LogP contribution < -0.4 is 11.5 Å². The number of carbonyl (C=O) groups is 1. The van der Waals surface area contributed by atoms with E-state index < -0.39 is 5.91 Å². The van der Waals surface area contributed by atoms with Crippen LogP contribution in [0.3, 0.4) is 0 Å². The normalized spacial score (nSPS) is 10.8. The predicted octanol–water partition coefficient (Wildman–Crippen LogP) is 0.474. The second-order valence-electron chi connectivity index (χ2n) is 3.61. The van der Waals surface area contributed by atoms with Crippen molar-refractivity contribution in [3.8, 4) is 5.75 Å². The van der Waals surface area contributed by atoms with Crippen LogP contribution in [0.4, 0.5) is 0 Å². The lowest BCUT2D eigenvalue weighted by molar-refractivity contribution is 0.0995. The molecule has 84 valence electrons. The lowest BCUT2D eigenvalue weighted by Crippen LogP contribution is -2.15.